The largest absolute Gasteiger partial charge is 0.444 e. The highest BCUT2D eigenvalue weighted by Crippen LogP contribution is 2.48. The summed E-state index contributed by atoms with van der Waals surface area (Å²) >= 11 is 0. The summed E-state index contributed by atoms with van der Waals surface area (Å²) < 4.78 is 21.4. The highest BCUT2D eigenvalue weighted by molar-refractivity contribution is 6.08. The smallest absolute Gasteiger partial charge is 0.411 e. The Balaban J connectivity index is 0.00000260. The number of nitrogens with zero attached hydrogens (tertiary/aromatic N) is 3. The first-order valence-electron chi connectivity index (χ1n) is 16.6. The van der Waals surface area contributed by atoms with E-state index in [2.05, 4.69) is 29.9 Å². The van der Waals surface area contributed by atoms with Crippen LogP contribution in [0.1, 0.15) is 79.8 Å². The van der Waals surface area contributed by atoms with E-state index in [1.807, 2.05) is 52.9 Å². The molecule has 3 heterocycles. The van der Waals surface area contributed by atoms with Crippen LogP contribution < -0.4 is 10.2 Å². The molecule has 1 N–H and O–H groups in total. The molecule has 2 aromatic carbocycles. The van der Waals surface area contributed by atoms with Crippen molar-refractivity contribution < 1.29 is 24.9 Å². The van der Waals surface area contributed by atoms with E-state index in [1.54, 1.807) is 15.9 Å². The van der Waals surface area contributed by atoms with Gasteiger partial charge in [-0.15, -0.1) is 0 Å². The summed E-state index contributed by atoms with van der Waals surface area (Å²) in [6, 6.07) is 10.1. The second-order valence-corrected chi connectivity index (χ2v) is 15.0. The number of carbonyl (C=O) groups excluding carboxylic acids is 3. The number of carbonyl (C=O) groups is 3. The Hall–Kier alpha value is -3.72. The Kier molecular flexibility index (Phi) is 9.36. The number of nitrogens with one attached hydrogen (secondary N) is 1. The Morgan fingerprint density at radius 3 is 2.51 bits per heavy atom. The zero-order chi connectivity index (χ0) is 33.1. The van der Waals surface area contributed by atoms with E-state index < -0.39 is 29.2 Å². The highest BCUT2D eigenvalue weighted by atomic mass is 19.1. The van der Waals surface area contributed by atoms with Gasteiger partial charge in [0.1, 0.15) is 17.5 Å². The molecular weight excluding hydrogens is 595 g/mol. The van der Waals surface area contributed by atoms with Crippen LogP contribution in [0.3, 0.4) is 0 Å². The third-order valence-corrected chi connectivity index (χ3v) is 10.5. The van der Waals surface area contributed by atoms with Crippen LogP contribution in [0, 0.1) is 11.7 Å². The molecule has 0 radical (unpaired) electrons. The molecule has 1 aliphatic carbocycles. The van der Waals surface area contributed by atoms with E-state index in [0.717, 1.165) is 61.0 Å². The quantitative estimate of drug-likeness (QED) is 0.353. The third kappa shape index (κ3) is 6.31. The van der Waals surface area contributed by atoms with Crippen molar-refractivity contribution >= 4 is 23.6 Å². The number of hydrogen-bond donors (Lipinski definition) is 1. The molecule has 5 atom stereocenters. The monoisotopic (exact) mass is 648 g/mol. The van der Waals surface area contributed by atoms with Crippen LogP contribution in [0.2, 0.25) is 0 Å². The first kappa shape index (κ1) is 34.6. The zero-order valence-corrected chi connectivity index (χ0v) is 28.0. The van der Waals surface area contributed by atoms with Gasteiger partial charge in [0.15, 0.2) is 0 Å². The van der Waals surface area contributed by atoms with Crippen LogP contribution >= 0.6 is 0 Å². The van der Waals surface area contributed by atoms with Crippen LogP contribution in [0.5, 0.6) is 0 Å². The van der Waals surface area contributed by atoms with E-state index in [1.165, 1.54) is 6.07 Å². The number of rotatable bonds is 6. The molecular formula is C38H53FN4O4. The second-order valence-electron chi connectivity index (χ2n) is 15.0. The third-order valence-electron chi connectivity index (χ3n) is 10.5. The van der Waals surface area contributed by atoms with Crippen LogP contribution in [0.15, 0.2) is 48.6 Å². The fourth-order valence-electron chi connectivity index (χ4n) is 8.22. The average molecular weight is 649 g/mol. The van der Waals surface area contributed by atoms with Gasteiger partial charge in [0.2, 0.25) is 11.8 Å². The van der Waals surface area contributed by atoms with E-state index in [4.69, 9.17) is 4.74 Å². The zero-order valence-electron chi connectivity index (χ0n) is 28.0. The first-order chi connectivity index (χ1) is 21.7. The van der Waals surface area contributed by atoms with Gasteiger partial charge in [0.25, 0.3) is 0 Å². The lowest BCUT2D eigenvalue weighted by Crippen LogP contribution is -2.55. The van der Waals surface area contributed by atoms with Crippen molar-refractivity contribution in [3.8, 4) is 11.1 Å². The Morgan fingerprint density at radius 2 is 1.85 bits per heavy atom. The molecule has 9 heteroatoms. The summed E-state index contributed by atoms with van der Waals surface area (Å²) in [5.41, 5.74) is 3.47. The number of anilines is 1. The lowest BCUT2D eigenvalue weighted by atomic mass is 9.74. The lowest BCUT2D eigenvalue weighted by Gasteiger charge is -2.37. The van der Waals surface area contributed by atoms with Gasteiger partial charge < -0.3 is 19.9 Å². The van der Waals surface area contributed by atoms with Crippen LogP contribution in [0.25, 0.3) is 11.1 Å². The van der Waals surface area contributed by atoms with Crippen molar-refractivity contribution in [2.45, 2.75) is 103 Å². The SMILES string of the molecule is C.C=C(C)[C@H](Cc1ccc(-c2ccc3c(c2)C2(CCCN(C)C2)C(=O)N3C)cc1F)NC(=O)[C@@H]1C2CCC(C2)N1C(=O)OC(C)(C)C.[HH]. The number of likely N-dealkylation sites (N-methyl/N-ethyl adjacent to an activating group) is 2. The molecule has 256 valence electrons. The van der Waals surface area contributed by atoms with Crippen molar-refractivity contribution in [1.29, 1.82) is 0 Å². The lowest BCUT2D eigenvalue weighted by molar-refractivity contribution is -0.128. The molecule has 4 aliphatic rings. The predicted octanol–water partition coefficient (Wildman–Crippen LogP) is 6.71. The number of halogens is 1. The molecule has 0 aromatic heterocycles. The molecule has 3 fully saturated rings. The van der Waals surface area contributed by atoms with Gasteiger partial charge in [-0.3, -0.25) is 14.5 Å². The second kappa shape index (κ2) is 12.7. The minimum Gasteiger partial charge on any atom is -0.444 e. The topological polar surface area (TPSA) is 82.2 Å². The van der Waals surface area contributed by atoms with Gasteiger partial charge in [0, 0.05) is 26.7 Å². The summed E-state index contributed by atoms with van der Waals surface area (Å²) in [5, 5.41) is 3.09. The van der Waals surface area contributed by atoms with Gasteiger partial charge in [-0.05, 0) is 126 Å². The first-order valence-corrected chi connectivity index (χ1v) is 16.6. The van der Waals surface area contributed by atoms with E-state index in [-0.39, 0.29) is 44.9 Å². The van der Waals surface area contributed by atoms with Crippen LogP contribution in [-0.4, -0.2) is 78.6 Å². The number of benzene rings is 2. The molecule has 8 nitrogen and oxygen atoms in total. The minimum atomic E-state index is -0.661. The normalized spacial score (nSPS) is 25.9. The molecule has 3 amide bonds. The van der Waals surface area contributed by atoms with Crippen LogP contribution in [0.4, 0.5) is 14.9 Å². The summed E-state index contributed by atoms with van der Waals surface area (Å²) in [6.45, 7) is 13.0. The maximum Gasteiger partial charge on any atom is 0.411 e. The molecule has 2 saturated heterocycles. The van der Waals surface area contributed by atoms with Crippen molar-refractivity contribution in [3.05, 3.63) is 65.5 Å². The number of amides is 3. The van der Waals surface area contributed by atoms with E-state index in [0.29, 0.717) is 17.7 Å². The van der Waals surface area contributed by atoms with Crippen molar-refractivity contribution in [3.63, 3.8) is 0 Å². The van der Waals surface area contributed by atoms with Gasteiger partial charge in [-0.25, -0.2) is 9.18 Å². The maximum absolute atomic E-state index is 15.8. The molecule has 47 heavy (non-hydrogen) atoms. The molecule has 2 aromatic rings. The average Bonchev–Trinajstić information content (AvgIpc) is 3.66. The molecule has 3 unspecified atom stereocenters. The predicted molar refractivity (Wildman–Crippen MR) is 186 cm³/mol. The van der Waals surface area contributed by atoms with Crippen molar-refractivity contribution in [2.75, 3.05) is 32.1 Å². The summed E-state index contributed by atoms with van der Waals surface area (Å²) in [7, 11) is 3.89. The summed E-state index contributed by atoms with van der Waals surface area (Å²) in [6.07, 6.45) is 4.07. The molecule has 1 saturated carbocycles. The minimum absolute atomic E-state index is 0. The van der Waals surface area contributed by atoms with Crippen molar-refractivity contribution in [2.24, 2.45) is 5.92 Å². The number of fused-ring (bicyclic) bond motifs is 4. The van der Waals surface area contributed by atoms with Gasteiger partial charge in [-0.2, -0.15) is 0 Å². The fourth-order valence-corrected chi connectivity index (χ4v) is 8.22. The number of likely N-dealkylation sites (tertiary alicyclic amines) is 2. The summed E-state index contributed by atoms with van der Waals surface area (Å²) in [4.78, 5) is 45.9. The van der Waals surface area contributed by atoms with Gasteiger partial charge >= 0.3 is 6.09 Å². The van der Waals surface area contributed by atoms with Gasteiger partial charge in [-0.1, -0.05) is 37.8 Å². The molecule has 3 aliphatic heterocycles. The van der Waals surface area contributed by atoms with Crippen molar-refractivity contribution in [1.82, 2.24) is 15.1 Å². The highest BCUT2D eigenvalue weighted by Gasteiger charge is 2.53. The van der Waals surface area contributed by atoms with E-state index in [9.17, 15) is 14.4 Å². The maximum atomic E-state index is 15.8. The Morgan fingerprint density at radius 1 is 1.15 bits per heavy atom. The summed E-state index contributed by atoms with van der Waals surface area (Å²) in [5.74, 6) is -0.410. The molecule has 2 bridgehead atoms. The number of piperidine rings is 2. The number of hydrogen-bond acceptors (Lipinski definition) is 5. The fraction of sp³-hybridized carbons (Fsp3) is 0.553. The van der Waals surface area contributed by atoms with E-state index >= 15 is 4.39 Å². The standard InChI is InChI=1S/C37H47FN4O4.CH4.H2/c1-22(2)30(39-33(43)32-26-11-13-27(17-26)42(32)35(45)46-36(3,4)5)20-25-10-9-24(19-29(25)38)23-12-14-31-28(18-23)37(34(44)41(31)7)15-8-16-40(6)21-37;;/h9-10,12,14,18-19,26-27,30,32H,1,8,11,13,15-17,20-21H2,2-7H3,(H,39,43);1H4;1H/t26?,27?,30-,32-,37?;;/m0../s1. The molecule has 1 spiro atoms. The Labute approximate surface area is 280 Å². The Bertz CT molecular complexity index is 1590. The number of ether oxygens (including phenoxy) is 1. The van der Waals surface area contributed by atoms with Gasteiger partial charge in [0.05, 0.1) is 11.5 Å². The molecule has 6 rings (SSSR count). The van der Waals surface area contributed by atoms with Crippen LogP contribution in [-0.2, 0) is 26.2 Å².